The standard InChI is InChI=1S/C16H14FNO2S/c1-9-4-2-3-5-10(9)8-21-14-7-13-11(6-12(14)17)15(19)16(20)18-13/h2-7,15,19H,8H2,1H3,(H,18,20). The fourth-order valence-electron chi connectivity index (χ4n) is 2.28. The lowest BCUT2D eigenvalue weighted by Crippen LogP contribution is -2.10. The van der Waals surface area contributed by atoms with E-state index in [9.17, 15) is 14.3 Å². The minimum absolute atomic E-state index is 0.303. The van der Waals surface area contributed by atoms with Crippen molar-refractivity contribution in [2.45, 2.75) is 23.7 Å². The molecule has 1 heterocycles. The van der Waals surface area contributed by atoms with Crippen LogP contribution in [0, 0.1) is 12.7 Å². The van der Waals surface area contributed by atoms with Crippen LogP contribution in [0.15, 0.2) is 41.3 Å². The SMILES string of the molecule is Cc1ccccc1CSc1cc2c(cc1F)C(O)C(=O)N2. The summed E-state index contributed by atoms with van der Waals surface area (Å²) in [5.41, 5.74) is 3.10. The Morgan fingerprint density at radius 2 is 2.10 bits per heavy atom. The number of fused-ring (bicyclic) bond motifs is 1. The van der Waals surface area contributed by atoms with Crippen LogP contribution in [0.3, 0.4) is 0 Å². The number of thioether (sulfide) groups is 1. The van der Waals surface area contributed by atoms with Gasteiger partial charge in [0.1, 0.15) is 5.82 Å². The molecule has 3 nitrogen and oxygen atoms in total. The van der Waals surface area contributed by atoms with Gasteiger partial charge in [-0.05, 0) is 30.2 Å². The van der Waals surface area contributed by atoms with Crippen molar-refractivity contribution in [2.75, 3.05) is 5.32 Å². The van der Waals surface area contributed by atoms with Gasteiger partial charge in [0.2, 0.25) is 0 Å². The molecule has 2 aromatic rings. The molecule has 0 fully saturated rings. The van der Waals surface area contributed by atoms with Crippen LogP contribution in [0.1, 0.15) is 22.8 Å². The first-order chi connectivity index (χ1) is 10.1. The molecule has 3 rings (SSSR count). The van der Waals surface area contributed by atoms with Crippen LogP contribution in [0.25, 0.3) is 0 Å². The average molecular weight is 303 g/mol. The Morgan fingerprint density at radius 3 is 2.86 bits per heavy atom. The number of carbonyl (C=O) groups excluding carboxylic acids is 1. The van der Waals surface area contributed by atoms with Gasteiger partial charge in [0, 0.05) is 21.9 Å². The van der Waals surface area contributed by atoms with Crippen LogP contribution in [0.2, 0.25) is 0 Å². The second kappa shape index (κ2) is 5.50. The molecule has 2 N–H and O–H groups in total. The number of benzene rings is 2. The van der Waals surface area contributed by atoms with E-state index in [0.29, 0.717) is 21.9 Å². The molecule has 108 valence electrons. The van der Waals surface area contributed by atoms with E-state index in [1.165, 1.54) is 17.8 Å². The minimum Gasteiger partial charge on any atom is -0.378 e. The second-order valence-electron chi connectivity index (χ2n) is 4.98. The molecule has 0 saturated heterocycles. The third-order valence-corrected chi connectivity index (χ3v) is 4.63. The zero-order valence-corrected chi connectivity index (χ0v) is 12.2. The molecule has 0 aromatic heterocycles. The number of aliphatic hydroxyl groups excluding tert-OH is 1. The van der Waals surface area contributed by atoms with Gasteiger partial charge in [0.25, 0.3) is 5.91 Å². The Labute approximate surface area is 126 Å². The zero-order chi connectivity index (χ0) is 15.0. The molecule has 0 bridgehead atoms. The Morgan fingerprint density at radius 1 is 1.33 bits per heavy atom. The lowest BCUT2D eigenvalue weighted by atomic mass is 10.1. The Bertz CT molecular complexity index is 717. The van der Waals surface area contributed by atoms with E-state index in [0.717, 1.165) is 11.1 Å². The Balaban J connectivity index is 1.83. The summed E-state index contributed by atoms with van der Waals surface area (Å²) in [6.45, 7) is 2.02. The molecule has 0 spiro atoms. The maximum absolute atomic E-state index is 14.1. The highest BCUT2D eigenvalue weighted by molar-refractivity contribution is 7.98. The quantitative estimate of drug-likeness (QED) is 0.854. The molecule has 2 aromatic carbocycles. The van der Waals surface area contributed by atoms with Gasteiger partial charge in [0.05, 0.1) is 0 Å². The van der Waals surface area contributed by atoms with Crippen molar-refractivity contribution in [3.05, 3.63) is 58.9 Å². The van der Waals surface area contributed by atoms with Gasteiger partial charge in [-0.15, -0.1) is 11.8 Å². The monoisotopic (exact) mass is 303 g/mol. The van der Waals surface area contributed by atoms with E-state index in [4.69, 9.17) is 0 Å². The van der Waals surface area contributed by atoms with Crippen molar-refractivity contribution >= 4 is 23.4 Å². The second-order valence-corrected chi connectivity index (χ2v) is 5.99. The zero-order valence-electron chi connectivity index (χ0n) is 11.4. The summed E-state index contributed by atoms with van der Waals surface area (Å²) in [6.07, 6.45) is -1.27. The topological polar surface area (TPSA) is 49.3 Å². The highest BCUT2D eigenvalue weighted by Gasteiger charge is 2.29. The van der Waals surface area contributed by atoms with Crippen LogP contribution in [0.5, 0.6) is 0 Å². The number of anilines is 1. The number of nitrogens with one attached hydrogen (secondary N) is 1. The number of amides is 1. The van der Waals surface area contributed by atoms with Crippen molar-refractivity contribution in [1.82, 2.24) is 0 Å². The predicted octanol–water partition coefficient (Wildman–Crippen LogP) is 3.41. The Hall–Kier alpha value is -1.85. The summed E-state index contributed by atoms with van der Waals surface area (Å²) in [7, 11) is 0. The number of hydrogen-bond donors (Lipinski definition) is 2. The molecule has 5 heteroatoms. The molecule has 1 aliphatic rings. The maximum Gasteiger partial charge on any atom is 0.257 e. The number of carbonyl (C=O) groups is 1. The largest absolute Gasteiger partial charge is 0.378 e. The first-order valence-electron chi connectivity index (χ1n) is 6.56. The first-order valence-corrected chi connectivity index (χ1v) is 7.54. The van der Waals surface area contributed by atoms with Crippen molar-refractivity contribution in [2.24, 2.45) is 0 Å². The molecule has 0 saturated carbocycles. The van der Waals surface area contributed by atoms with Crippen molar-refractivity contribution in [3.63, 3.8) is 0 Å². The van der Waals surface area contributed by atoms with E-state index < -0.39 is 17.8 Å². The minimum atomic E-state index is -1.27. The van der Waals surface area contributed by atoms with Gasteiger partial charge in [-0.2, -0.15) is 0 Å². The van der Waals surface area contributed by atoms with E-state index >= 15 is 0 Å². The van der Waals surface area contributed by atoms with E-state index in [1.54, 1.807) is 6.07 Å². The highest BCUT2D eigenvalue weighted by Crippen LogP contribution is 2.37. The van der Waals surface area contributed by atoms with E-state index in [2.05, 4.69) is 5.32 Å². The third kappa shape index (κ3) is 2.66. The lowest BCUT2D eigenvalue weighted by Gasteiger charge is -2.08. The smallest absolute Gasteiger partial charge is 0.257 e. The molecule has 1 atom stereocenters. The van der Waals surface area contributed by atoms with Gasteiger partial charge in [-0.3, -0.25) is 4.79 Å². The Kier molecular flexibility index (Phi) is 3.69. The summed E-state index contributed by atoms with van der Waals surface area (Å²) < 4.78 is 14.1. The molecule has 1 aliphatic heterocycles. The molecule has 0 aliphatic carbocycles. The van der Waals surface area contributed by atoms with Gasteiger partial charge in [-0.25, -0.2) is 4.39 Å². The van der Waals surface area contributed by atoms with Gasteiger partial charge < -0.3 is 10.4 Å². The summed E-state index contributed by atoms with van der Waals surface area (Å²) in [5.74, 6) is -0.271. The van der Waals surface area contributed by atoms with Crippen LogP contribution >= 0.6 is 11.8 Å². The summed E-state index contributed by atoms with van der Waals surface area (Å²) in [5, 5.41) is 12.2. The average Bonchev–Trinajstić information content (AvgIpc) is 2.73. The fourth-order valence-corrected chi connectivity index (χ4v) is 3.32. The summed E-state index contributed by atoms with van der Waals surface area (Å²) in [6, 6.07) is 10.8. The number of aliphatic hydroxyl groups is 1. The number of aryl methyl sites for hydroxylation is 1. The fraction of sp³-hybridized carbons (Fsp3) is 0.188. The van der Waals surface area contributed by atoms with Gasteiger partial charge in [0.15, 0.2) is 6.10 Å². The van der Waals surface area contributed by atoms with Gasteiger partial charge >= 0.3 is 0 Å². The molecular formula is C16H14FNO2S. The van der Waals surface area contributed by atoms with Crippen molar-refractivity contribution in [1.29, 1.82) is 0 Å². The highest BCUT2D eigenvalue weighted by atomic mass is 32.2. The van der Waals surface area contributed by atoms with Crippen LogP contribution in [-0.2, 0) is 10.5 Å². The number of hydrogen-bond acceptors (Lipinski definition) is 3. The molecule has 1 amide bonds. The third-order valence-electron chi connectivity index (χ3n) is 3.55. The molecular weight excluding hydrogens is 289 g/mol. The predicted molar refractivity (Wildman–Crippen MR) is 80.7 cm³/mol. The molecule has 0 radical (unpaired) electrons. The summed E-state index contributed by atoms with van der Waals surface area (Å²) in [4.78, 5) is 11.9. The van der Waals surface area contributed by atoms with Crippen molar-refractivity contribution in [3.8, 4) is 0 Å². The summed E-state index contributed by atoms with van der Waals surface area (Å²) >= 11 is 1.37. The van der Waals surface area contributed by atoms with Gasteiger partial charge in [-0.1, -0.05) is 24.3 Å². The normalized spacial score (nSPS) is 16.7. The molecule has 1 unspecified atom stereocenters. The molecule has 21 heavy (non-hydrogen) atoms. The van der Waals surface area contributed by atoms with Crippen molar-refractivity contribution < 1.29 is 14.3 Å². The van der Waals surface area contributed by atoms with Crippen LogP contribution < -0.4 is 5.32 Å². The van der Waals surface area contributed by atoms with Crippen LogP contribution in [-0.4, -0.2) is 11.0 Å². The van der Waals surface area contributed by atoms with E-state index in [-0.39, 0.29) is 0 Å². The number of halogens is 1. The maximum atomic E-state index is 14.1. The van der Waals surface area contributed by atoms with E-state index in [1.807, 2.05) is 31.2 Å². The van der Waals surface area contributed by atoms with Crippen LogP contribution in [0.4, 0.5) is 10.1 Å². The first kappa shape index (κ1) is 14.1. The lowest BCUT2D eigenvalue weighted by molar-refractivity contribution is -0.123. The number of rotatable bonds is 3.